The van der Waals surface area contributed by atoms with Crippen LogP contribution in [0.4, 0.5) is 22.7 Å². The maximum atomic E-state index is 13.7. The fourth-order valence-corrected chi connectivity index (χ4v) is 8.03. The quantitative estimate of drug-likeness (QED) is 0.0319. The highest BCUT2D eigenvalue weighted by molar-refractivity contribution is 6.34. The van der Waals surface area contributed by atoms with Crippen LogP contribution in [0.5, 0.6) is 0 Å². The highest BCUT2D eigenvalue weighted by Gasteiger charge is 2.26. The maximum absolute atomic E-state index is 13.7. The van der Waals surface area contributed by atoms with Crippen molar-refractivity contribution >= 4 is 81.1 Å². The van der Waals surface area contributed by atoms with Crippen molar-refractivity contribution in [2.75, 3.05) is 63.0 Å². The van der Waals surface area contributed by atoms with Gasteiger partial charge >= 0.3 is 0 Å². The van der Waals surface area contributed by atoms with Crippen LogP contribution in [0.2, 0.25) is 10.0 Å². The maximum Gasteiger partial charge on any atom is 0.265 e. The number of hydrogen-bond acceptors (Lipinski definition) is 12. The summed E-state index contributed by atoms with van der Waals surface area (Å²) in [6.07, 6.45) is 10.0. The normalized spacial score (nSPS) is 9.48. The Hall–Kier alpha value is -14.1. The highest BCUT2D eigenvalue weighted by Crippen LogP contribution is 2.35. The Morgan fingerprint density at radius 3 is 0.910 bits per heavy atom. The molecule has 0 spiro atoms. The van der Waals surface area contributed by atoms with Crippen LogP contribution in [0.15, 0.2) is 105 Å². The van der Waals surface area contributed by atoms with Gasteiger partial charge in [-0.25, -0.2) is 0 Å². The first-order chi connectivity index (χ1) is 48.6. The number of hydrogen-bond donors (Lipinski definition) is 2. The van der Waals surface area contributed by atoms with E-state index in [1.165, 1.54) is 84.3 Å². The average Bonchev–Trinajstić information content (AvgIpc) is 0.966. The third kappa shape index (κ3) is 29.4. The molecule has 0 heterocycles. The molecule has 4 rings (SSSR count). The SMILES string of the molecule is C#CC#CC#CC#CC#CC#CC#CC#CC#CN(CCN(CC)CC)C(=O)c1ccc(NC(=O)C(N=Nc2ccc(-c3ccc(N=NC(C(C)=O)C(=O)Nc4ccc(C(=O)N(C#CC#CC#CC#CC#CC#CC#CC#CC#C)CCN(CC)CC)cc4)c(Cl)c3)cc2Cl)C(C)=O)cc1. The minimum absolute atomic E-state index is 0.119. The Kier molecular flexibility index (Phi) is 36.1. The number of ketones is 2. The molecule has 0 radical (unpaired) electrons. The standard InChI is InChI=1S/C82H54Cl2N10O6/c1-9-15-17-19-21-23-25-27-29-31-33-35-37-39-41-43-57-93(61-59-91(11-3)12-4)81(99)67-45-51-71(52-46-67)85-79(97)77(65(7)95)89-87-75-55-49-69(63-73(75)83)70-50-56-76(74(84)64-70)88-90-78(66(8)96)80(98)86-72-53-47-68(48-54-72)82(100)94(62-60-92(13-5)14-6)58-44-42-40-38-36-34-32-30-28-26-24-22-20-18-16-10-2/h1-2,45-56,63-64,77-78H,11-14,59-62H2,3-8H3,(H,85,97)(H,86,98). The molecule has 0 fully saturated rings. The molecule has 0 aromatic heterocycles. The summed E-state index contributed by atoms with van der Waals surface area (Å²) < 4.78 is 0. The summed E-state index contributed by atoms with van der Waals surface area (Å²) in [4.78, 5) is 86.8. The van der Waals surface area contributed by atoms with E-state index in [0.717, 1.165) is 26.2 Å². The van der Waals surface area contributed by atoms with Gasteiger partial charge in [0.25, 0.3) is 23.6 Å². The van der Waals surface area contributed by atoms with Gasteiger partial charge in [-0.2, -0.15) is 20.5 Å². The van der Waals surface area contributed by atoms with Gasteiger partial charge in [-0.15, -0.1) is 12.8 Å². The number of azo groups is 2. The minimum atomic E-state index is -1.56. The Labute approximate surface area is 594 Å². The van der Waals surface area contributed by atoms with Crippen molar-refractivity contribution in [1.82, 2.24) is 19.6 Å². The lowest BCUT2D eigenvalue weighted by Crippen LogP contribution is -2.36. The lowest BCUT2D eigenvalue weighted by Gasteiger charge is -2.22. The zero-order chi connectivity index (χ0) is 72.5. The lowest BCUT2D eigenvalue weighted by molar-refractivity contribution is -0.127. The zero-order valence-electron chi connectivity index (χ0n) is 54.8. The fourth-order valence-electron chi connectivity index (χ4n) is 7.59. The zero-order valence-corrected chi connectivity index (χ0v) is 56.3. The average molecular weight is 1350 g/mol. The van der Waals surface area contributed by atoms with Gasteiger partial charge in [-0.3, -0.25) is 38.6 Å². The highest BCUT2D eigenvalue weighted by atomic mass is 35.5. The van der Waals surface area contributed by atoms with E-state index in [1.54, 1.807) is 24.3 Å². The van der Waals surface area contributed by atoms with Crippen LogP contribution in [-0.2, 0) is 19.2 Å². The van der Waals surface area contributed by atoms with Gasteiger partial charge in [0.1, 0.15) is 11.4 Å². The second-order valence-electron chi connectivity index (χ2n) is 19.2. The lowest BCUT2D eigenvalue weighted by atomic mass is 10.0. The topological polar surface area (TPSA) is 189 Å². The Balaban J connectivity index is 1.40. The molecule has 0 aliphatic carbocycles. The number of benzene rings is 4. The predicted octanol–water partition coefficient (Wildman–Crippen LogP) is 8.82. The molecule has 100 heavy (non-hydrogen) atoms. The van der Waals surface area contributed by atoms with E-state index < -0.39 is 47.3 Å². The number of carbonyl (C=O) groups is 6. The van der Waals surface area contributed by atoms with Crippen LogP contribution in [0.25, 0.3) is 11.1 Å². The van der Waals surface area contributed by atoms with Crippen molar-refractivity contribution in [3.05, 3.63) is 106 Å². The van der Waals surface area contributed by atoms with E-state index in [2.05, 4.69) is 242 Å². The van der Waals surface area contributed by atoms with Gasteiger partial charge in [0.2, 0.25) is 12.1 Å². The number of amides is 4. The van der Waals surface area contributed by atoms with Gasteiger partial charge < -0.3 is 20.4 Å². The summed E-state index contributed by atoms with van der Waals surface area (Å²) in [5, 5.41) is 21.9. The summed E-state index contributed by atoms with van der Waals surface area (Å²) in [5.74, 6) is 75.8. The van der Waals surface area contributed by atoms with Crippen molar-refractivity contribution in [1.29, 1.82) is 0 Å². The van der Waals surface area contributed by atoms with Crippen LogP contribution < -0.4 is 10.6 Å². The van der Waals surface area contributed by atoms with Crippen molar-refractivity contribution in [2.24, 2.45) is 20.5 Å². The van der Waals surface area contributed by atoms with Crippen molar-refractivity contribution in [3.63, 3.8) is 0 Å². The number of terminal acetylenes is 2. The predicted molar refractivity (Wildman–Crippen MR) is 390 cm³/mol. The number of likely N-dealkylation sites (N-methyl/N-ethyl adjacent to an activating group) is 2. The molecule has 0 aliphatic heterocycles. The van der Waals surface area contributed by atoms with Gasteiger partial charge in [-0.05, 0) is 219 Å². The van der Waals surface area contributed by atoms with E-state index in [1.807, 2.05) is 27.7 Å². The molecule has 0 bridgehead atoms. The first-order valence-electron chi connectivity index (χ1n) is 29.8. The second kappa shape index (κ2) is 46.0. The van der Waals surface area contributed by atoms with Gasteiger partial charge in [0.15, 0.2) is 11.6 Å². The number of Topliss-reactive ketones (excluding diaryl/α,β-unsaturated/α-hetero) is 2. The Morgan fingerprint density at radius 1 is 0.390 bits per heavy atom. The third-order valence-electron chi connectivity index (χ3n) is 12.7. The number of nitrogens with zero attached hydrogens (tertiary/aromatic N) is 8. The van der Waals surface area contributed by atoms with Gasteiger partial charge in [0, 0.05) is 155 Å². The van der Waals surface area contributed by atoms with E-state index in [9.17, 15) is 28.8 Å². The molecule has 0 saturated carbocycles. The number of nitrogens with one attached hydrogen (secondary N) is 2. The smallest absolute Gasteiger partial charge is 0.265 e. The summed E-state index contributed by atoms with van der Waals surface area (Å²) in [7, 11) is 0. The minimum Gasteiger partial charge on any atom is -0.324 e. The second-order valence-corrected chi connectivity index (χ2v) is 20.0. The molecule has 482 valence electrons. The largest absolute Gasteiger partial charge is 0.324 e. The molecule has 2 atom stereocenters. The van der Waals surface area contributed by atoms with Gasteiger partial charge in [-0.1, -0.05) is 63.0 Å². The fraction of sp³-hybridized carbons (Fsp3) is 0.195. The van der Waals surface area contributed by atoms with Crippen molar-refractivity contribution < 1.29 is 28.8 Å². The molecule has 2 N–H and O–H groups in total. The van der Waals surface area contributed by atoms with Gasteiger partial charge in [0.05, 0.1) is 10.0 Å². The van der Waals surface area contributed by atoms with Crippen molar-refractivity contribution in [3.8, 4) is 226 Å². The molecule has 0 saturated heterocycles. The number of anilines is 2. The van der Waals surface area contributed by atoms with E-state index in [0.29, 0.717) is 24.2 Å². The summed E-state index contributed by atoms with van der Waals surface area (Å²) in [6, 6.07) is 24.1. The molecule has 18 heteroatoms. The van der Waals surface area contributed by atoms with Crippen LogP contribution >= 0.6 is 23.2 Å². The van der Waals surface area contributed by atoms with Crippen LogP contribution in [0.1, 0.15) is 62.3 Å². The number of carbonyl (C=O) groups excluding carboxylic acids is 6. The first-order valence-corrected chi connectivity index (χ1v) is 30.6. The summed E-state index contributed by atoms with van der Waals surface area (Å²) in [6.45, 7) is 15.1. The van der Waals surface area contributed by atoms with Crippen molar-refractivity contribution in [2.45, 2.75) is 53.6 Å². The monoisotopic (exact) mass is 1340 g/mol. The molecule has 2 unspecified atom stereocenters. The number of halogens is 2. The van der Waals surface area contributed by atoms with E-state index in [-0.39, 0.29) is 57.0 Å². The molecule has 16 nitrogen and oxygen atoms in total. The van der Waals surface area contributed by atoms with Crippen LogP contribution in [-0.4, -0.2) is 119 Å². The third-order valence-corrected chi connectivity index (χ3v) is 13.3. The van der Waals surface area contributed by atoms with Crippen LogP contribution in [0, 0.1) is 214 Å². The molecule has 0 aliphatic rings. The molecular weight excluding hydrogens is 1290 g/mol. The van der Waals surface area contributed by atoms with Crippen LogP contribution in [0.3, 0.4) is 0 Å². The molecule has 4 aromatic rings. The Morgan fingerprint density at radius 2 is 0.660 bits per heavy atom. The molecule has 4 aromatic carbocycles. The Bertz CT molecular complexity index is 4760. The van der Waals surface area contributed by atoms with E-state index >= 15 is 0 Å². The molecular formula is C82H54Cl2N10O6. The number of rotatable bonds is 23. The molecule has 4 amide bonds. The summed E-state index contributed by atoms with van der Waals surface area (Å²) >= 11 is 13.3. The summed E-state index contributed by atoms with van der Waals surface area (Å²) in [5.41, 5.74) is 2.54. The first kappa shape index (κ1) is 78.3. The van der Waals surface area contributed by atoms with E-state index in [4.69, 9.17) is 36.0 Å².